The lowest BCUT2D eigenvalue weighted by molar-refractivity contribution is -0.135. The molecule has 1 aliphatic rings. The molecule has 0 N–H and O–H groups in total. The molecular formula is C18H20O5. The summed E-state index contributed by atoms with van der Waals surface area (Å²) in [5.41, 5.74) is 0.741. The Hall–Kier alpha value is -2.56. The van der Waals surface area contributed by atoms with Crippen LogP contribution in [0.3, 0.4) is 0 Å². The minimum absolute atomic E-state index is 0.260. The number of benzene rings is 1. The van der Waals surface area contributed by atoms with Crippen LogP contribution in [0, 0.1) is 5.92 Å². The van der Waals surface area contributed by atoms with E-state index in [1.165, 1.54) is 20.3 Å². The first-order valence-corrected chi connectivity index (χ1v) is 7.43. The predicted molar refractivity (Wildman–Crippen MR) is 86.2 cm³/mol. The SMILES string of the molecule is COC(=O)/C=C\c1ccc(OC(=O)CC2C=CCC2)c(OC)c1. The summed E-state index contributed by atoms with van der Waals surface area (Å²) in [6.45, 7) is 0. The molecule has 122 valence electrons. The molecule has 1 aromatic carbocycles. The van der Waals surface area contributed by atoms with Gasteiger partial charge in [-0.15, -0.1) is 0 Å². The van der Waals surface area contributed by atoms with E-state index in [0.717, 1.165) is 18.4 Å². The van der Waals surface area contributed by atoms with E-state index in [-0.39, 0.29) is 11.9 Å². The monoisotopic (exact) mass is 316 g/mol. The third-order valence-corrected chi connectivity index (χ3v) is 3.57. The number of carbonyl (C=O) groups excluding carboxylic acids is 2. The van der Waals surface area contributed by atoms with Gasteiger partial charge in [0.05, 0.1) is 20.6 Å². The topological polar surface area (TPSA) is 61.8 Å². The van der Waals surface area contributed by atoms with E-state index in [1.807, 2.05) is 0 Å². The van der Waals surface area contributed by atoms with Crippen LogP contribution < -0.4 is 9.47 Å². The van der Waals surface area contributed by atoms with Crippen LogP contribution in [0.5, 0.6) is 11.5 Å². The maximum atomic E-state index is 12.0. The second-order valence-corrected chi connectivity index (χ2v) is 5.21. The highest BCUT2D eigenvalue weighted by Crippen LogP contribution is 2.30. The molecule has 0 radical (unpaired) electrons. The number of allylic oxidation sites excluding steroid dienone is 2. The average Bonchev–Trinajstić information content (AvgIpc) is 3.06. The highest BCUT2D eigenvalue weighted by Gasteiger charge is 2.17. The molecule has 0 bridgehead atoms. The van der Waals surface area contributed by atoms with Gasteiger partial charge in [-0.2, -0.15) is 0 Å². The number of carbonyl (C=O) groups is 2. The highest BCUT2D eigenvalue weighted by atomic mass is 16.6. The molecule has 1 aliphatic carbocycles. The Morgan fingerprint density at radius 2 is 2.09 bits per heavy atom. The second-order valence-electron chi connectivity index (χ2n) is 5.21. The summed E-state index contributed by atoms with van der Waals surface area (Å²) in [4.78, 5) is 23.1. The van der Waals surface area contributed by atoms with Crippen molar-refractivity contribution in [1.82, 2.24) is 0 Å². The van der Waals surface area contributed by atoms with Crippen molar-refractivity contribution in [2.24, 2.45) is 5.92 Å². The summed E-state index contributed by atoms with van der Waals surface area (Å²) in [7, 11) is 2.82. The maximum Gasteiger partial charge on any atom is 0.330 e. The van der Waals surface area contributed by atoms with Crippen LogP contribution in [0.2, 0.25) is 0 Å². The van der Waals surface area contributed by atoms with Crippen LogP contribution in [0.1, 0.15) is 24.8 Å². The van der Waals surface area contributed by atoms with Crippen molar-refractivity contribution in [3.05, 3.63) is 42.0 Å². The summed E-state index contributed by atoms with van der Waals surface area (Å²) in [5.74, 6) is 0.347. The minimum Gasteiger partial charge on any atom is -0.493 e. The zero-order chi connectivity index (χ0) is 16.7. The Kier molecular flexibility index (Phi) is 5.97. The van der Waals surface area contributed by atoms with E-state index in [1.54, 1.807) is 24.3 Å². The normalized spacial score (nSPS) is 16.5. The van der Waals surface area contributed by atoms with Gasteiger partial charge in [0, 0.05) is 6.08 Å². The number of hydrogen-bond donors (Lipinski definition) is 0. The Bertz CT molecular complexity index is 630. The molecule has 0 heterocycles. The van der Waals surface area contributed by atoms with Crippen molar-refractivity contribution in [2.45, 2.75) is 19.3 Å². The van der Waals surface area contributed by atoms with Crippen molar-refractivity contribution in [1.29, 1.82) is 0 Å². The Morgan fingerprint density at radius 3 is 2.74 bits per heavy atom. The number of methoxy groups -OCH3 is 2. The van der Waals surface area contributed by atoms with E-state index >= 15 is 0 Å². The van der Waals surface area contributed by atoms with Crippen molar-refractivity contribution < 1.29 is 23.8 Å². The number of hydrogen-bond acceptors (Lipinski definition) is 5. The van der Waals surface area contributed by atoms with Gasteiger partial charge < -0.3 is 14.2 Å². The van der Waals surface area contributed by atoms with Gasteiger partial charge in [0.25, 0.3) is 0 Å². The molecule has 1 unspecified atom stereocenters. The first-order valence-electron chi connectivity index (χ1n) is 7.43. The Labute approximate surface area is 135 Å². The van der Waals surface area contributed by atoms with Gasteiger partial charge >= 0.3 is 11.9 Å². The molecule has 23 heavy (non-hydrogen) atoms. The third kappa shape index (κ3) is 4.98. The molecular weight excluding hydrogens is 296 g/mol. The van der Waals surface area contributed by atoms with Gasteiger partial charge in [-0.05, 0) is 42.5 Å². The minimum atomic E-state index is -0.441. The molecule has 0 saturated carbocycles. The highest BCUT2D eigenvalue weighted by molar-refractivity contribution is 5.87. The van der Waals surface area contributed by atoms with E-state index < -0.39 is 5.97 Å². The predicted octanol–water partition coefficient (Wildman–Crippen LogP) is 3.14. The van der Waals surface area contributed by atoms with Crippen molar-refractivity contribution >= 4 is 18.0 Å². The van der Waals surface area contributed by atoms with Crippen molar-refractivity contribution in [3.63, 3.8) is 0 Å². The van der Waals surface area contributed by atoms with Crippen LogP contribution in [0.15, 0.2) is 36.4 Å². The molecule has 5 heteroatoms. The van der Waals surface area contributed by atoms with Gasteiger partial charge in [0.15, 0.2) is 11.5 Å². The van der Waals surface area contributed by atoms with Crippen LogP contribution >= 0.6 is 0 Å². The fourth-order valence-corrected chi connectivity index (χ4v) is 2.35. The molecule has 5 nitrogen and oxygen atoms in total. The summed E-state index contributed by atoms with van der Waals surface area (Å²) in [6.07, 6.45) is 9.42. The maximum absolute atomic E-state index is 12.0. The molecule has 0 aromatic heterocycles. The average molecular weight is 316 g/mol. The molecule has 0 saturated heterocycles. The van der Waals surface area contributed by atoms with Crippen molar-refractivity contribution in [3.8, 4) is 11.5 Å². The van der Waals surface area contributed by atoms with Crippen LogP contribution in [0.25, 0.3) is 6.08 Å². The fraction of sp³-hybridized carbons (Fsp3) is 0.333. The summed E-state index contributed by atoms with van der Waals surface area (Å²) in [6, 6.07) is 5.08. The molecule has 1 aromatic rings. The number of ether oxygens (including phenoxy) is 3. The Morgan fingerprint density at radius 1 is 1.26 bits per heavy atom. The van der Waals surface area contributed by atoms with Crippen molar-refractivity contribution in [2.75, 3.05) is 14.2 Å². The molecule has 0 spiro atoms. The van der Waals surface area contributed by atoms with E-state index in [9.17, 15) is 9.59 Å². The van der Waals surface area contributed by atoms with E-state index in [4.69, 9.17) is 9.47 Å². The molecule has 2 rings (SSSR count). The van der Waals surface area contributed by atoms with Crippen LogP contribution in [-0.4, -0.2) is 26.2 Å². The van der Waals surface area contributed by atoms with Crippen LogP contribution in [0.4, 0.5) is 0 Å². The zero-order valence-electron chi connectivity index (χ0n) is 13.3. The summed E-state index contributed by atoms with van der Waals surface area (Å²) in [5, 5.41) is 0. The number of esters is 2. The smallest absolute Gasteiger partial charge is 0.330 e. The first-order chi connectivity index (χ1) is 11.1. The van der Waals surface area contributed by atoms with Gasteiger partial charge in [0.1, 0.15) is 0 Å². The lowest BCUT2D eigenvalue weighted by Crippen LogP contribution is -2.12. The quantitative estimate of drug-likeness (QED) is 0.349. The van der Waals surface area contributed by atoms with Gasteiger partial charge in [0.2, 0.25) is 0 Å². The second kappa shape index (κ2) is 8.17. The van der Waals surface area contributed by atoms with Crippen LogP contribution in [-0.2, 0) is 14.3 Å². The molecule has 0 fully saturated rings. The van der Waals surface area contributed by atoms with Gasteiger partial charge in [-0.1, -0.05) is 18.2 Å². The molecule has 1 atom stereocenters. The lowest BCUT2D eigenvalue weighted by Gasteiger charge is -2.11. The summed E-state index contributed by atoms with van der Waals surface area (Å²) < 4.78 is 15.2. The largest absolute Gasteiger partial charge is 0.493 e. The zero-order valence-corrected chi connectivity index (χ0v) is 13.3. The number of rotatable bonds is 6. The summed E-state index contributed by atoms with van der Waals surface area (Å²) >= 11 is 0. The van der Waals surface area contributed by atoms with Gasteiger partial charge in [-0.25, -0.2) is 4.79 Å². The molecule has 0 aliphatic heterocycles. The van der Waals surface area contributed by atoms with E-state index in [2.05, 4.69) is 16.9 Å². The lowest BCUT2D eigenvalue weighted by atomic mass is 10.1. The Balaban J connectivity index is 2.03. The molecule has 0 amide bonds. The first kappa shape index (κ1) is 16.8. The van der Waals surface area contributed by atoms with Gasteiger partial charge in [-0.3, -0.25) is 4.79 Å². The van der Waals surface area contributed by atoms with E-state index in [0.29, 0.717) is 17.9 Å². The standard InChI is InChI=1S/C18H20O5/c1-21-16-11-14(8-10-17(19)22-2)7-9-15(16)23-18(20)12-13-5-3-4-6-13/h3,5,7-11,13H,4,6,12H2,1-2H3/b10-8-. The fourth-order valence-electron chi connectivity index (χ4n) is 2.35. The third-order valence-electron chi connectivity index (χ3n) is 3.57.